The van der Waals surface area contributed by atoms with E-state index >= 15 is 0 Å². The molecule has 2 nitrogen and oxygen atoms in total. The van der Waals surface area contributed by atoms with Gasteiger partial charge in [-0.3, -0.25) is 0 Å². The van der Waals surface area contributed by atoms with E-state index in [2.05, 4.69) is 24.3 Å². The third kappa shape index (κ3) is 1.33. The molecule has 0 fully saturated rings. The smallest absolute Gasteiger partial charge is 0.0829 e. The van der Waals surface area contributed by atoms with E-state index in [-0.39, 0.29) is 0 Å². The third-order valence-electron chi connectivity index (χ3n) is 2.19. The van der Waals surface area contributed by atoms with E-state index < -0.39 is 0 Å². The quantitative estimate of drug-likeness (QED) is 0.680. The maximum atomic E-state index is 4.29. The molecule has 0 N–H and O–H groups in total. The van der Waals surface area contributed by atoms with Crippen molar-refractivity contribution in [3.63, 3.8) is 0 Å². The lowest BCUT2D eigenvalue weighted by Crippen LogP contribution is -1.90. The Hall–Kier alpha value is -0.960. The van der Waals surface area contributed by atoms with Gasteiger partial charge >= 0.3 is 0 Å². The molecule has 2 rings (SSSR count). The fourth-order valence-electron chi connectivity index (χ4n) is 1.52. The van der Waals surface area contributed by atoms with Crippen LogP contribution in [0.25, 0.3) is 5.52 Å². The van der Waals surface area contributed by atoms with Crippen molar-refractivity contribution in [2.45, 2.75) is 18.2 Å². The summed E-state index contributed by atoms with van der Waals surface area (Å²) in [6.07, 6.45) is 7.07. The second-order valence-electron chi connectivity index (χ2n) is 2.89. The van der Waals surface area contributed by atoms with Crippen molar-refractivity contribution in [3.05, 3.63) is 30.1 Å². The van der Waals surface area contributed by atoms with Crippen LogP contribution in [0.2, 0.25) is 0 Å². The largest absolute Gasteiger partial charge is 0.240 e. The molecule has 3 heteroatoms. The van der Waals surface area contributed by atoms with Gasteiger partial charge in [0.2, 0.25) is 0 Å². The van der Waals surface area contributed by atoms with Crippen molar-refractivity contribution in [2.24, 2.45) is 0 Å². The molecule has 0 saturated carbocycles. The Bertz CT molecular complexity index is 420. The van der Waals surface area contributed by atoms with Crippen LogP contribution >= 0.6 is 11.8 Å². The zero-order chi connectivity index (χ0) is 9.26. The number of fused-ring (bicyclic) bond motifs is 1. The van der Waals surface area contributed by atoms with Crippen LogP contribution in [0, 0.1) is 0 Å². The van der Waals surface area contributed by atoms with Gasteiger partial charge in [0, 0.05) is 6.20 Å². The summed E-state index contributed by atoms with van der Waals surface area (Å²) in [4.78, 5) is 1.26. The first-order valence-corrected chi connectivity index (χ1v) is 5.58. The van der Waals surface area contributed by atoms with Crippen LogP contribution in [0.4, 0.5) is 0 Å². The van der Waals surface area contributed by atoms with Crippen molar-refractivity contribution >= 4 is 17.3 Å². The lowest BCUT2D eigenvalue weighted by Gasteiger charge is -2.01. The summed E-state index contributed by atoms with van der Waals surface area (Å²) >= 11 is 1.75. The van der Waals surface area contributed by atoms with Crippen molar-refractivity contribution < 1.29 is 0 Å². The van der Waals surface area contributed by atoms with Crippen molar-refractivity contribution in [3.8, 4) is 0 Å². The molecule has 13 heavy (non-hydrogen) atoms. The van der Waals surface area contributed by atoms with E-state index in [0.717, 1.165) is 6.42 Å². The number of hydrogen-bond donors (Lipinski definition) is 0. The molecule has 0 aromatic carbocycles. The van der Waals surface area contributed by atoms with Gasteiger partial charge in [-0.05, 0) is 24.3 Å². The van der Waals surface area contributed by atoms with E-state index in [1.807, 2.05) is 23.0 Å². The number of thioether (sulfide) groups is 1. The zero-order valence-corrected chi connectivity index (χ0v) is 8.64. The van der Waals surface area contributed by atoms with Gasteiger partial charge in [-0.25, -0.2) is 4.52 Å². The molecule has 0 aliphatic rings. The molecule has 0 unspecified atom stereocenters. The Balaban J connectivity index is 2.76. The minimum atomic E-state index is 1.06. The number of aromatic nitrogens is 2. The summed E-state index contributed by atoms with van der Waals surface area (Å²) in [6.45, 7) is 2.17. The molecule has 2 aromatic heterocycles. The van der Waals surface area contributed by atoms with Crippen LogP contribution in [-0.4, -0.2) is 15.9 Å². The molecular formula is C10H12N2S. The van der Waals surface area contributed by atoms with Crippen molar-refractivity contribution in [1.29, 1.82) is 0 Å². The minimum Gasteiger partial charge on any atom is -0.240 e. The van der Waals surface area contributed by atoms with Gasteiger partial charge in [0.25, 0.3) is 0 Å². The van der Waals surface area contributed by atoms with Gasteiger partial charge in [-0.2, -0.15) is 5.10 Å². The van der Waals surface area contributed by atoms with E-state index in [1.165, 1.54) is 16.0 Å². The molecule has 0 radical (unpaired) electrons. The van der Waals surface area contributed by atoms with Crippen molar-refractivity contribution in [1.82, 2.24) is 9.61 Å². The first-order chi connectivity index (χ1) is 6.36. The van der Waals surface area contributed by atoms with Gasteiger partial charge in [0.1, 0.15) is 0 Å². The minimum absolute atomic E-state index is 1.06. The average molecular weight is 192 g/mol. The van der Waals surface area contributed by atoms with Crippen LogP contribution in [-0.2, 0) is 6.42 Å². The first-order valence-electron chi connectivity index (χ1n) is 4.36. The van der Waals surface area contributed by atoms with E-state index in [4.69, 9.17) is 0 Å². The molecular weight excluding hydrogens is 180 g/mol. The average Bonchev–Trinajstić information content (AvgIpc) is 2.60. The summed E-state index contributed by atoms with van der Waals surface area (Å²) in [5.41, 5.74) is 2.63. The van der Waals surface area contributed by atoms with Crippen LogP contribution in [0.3, 0.4) is 0 Å². The molecule has 0 bridgehead atoms. The SMILES string of the molecule is CCc1cccn2ncc(SC)c12. The van der Waals surface area contributed by atoms with Crippen LogP contribution in [0.15, 0.2) is 29.4 Å². The molecule has 0 amide bonds. The van der Waals surface area contributed by atoms with Gasteiger partial charge < -0.3 is 0 Å². The van der Waals surface area contributed by atoms with Gasteiger partial charge in [0.05, 0.1) is 16.6 Å². The fourth-order valence-corrected chi connectivity index (χ4v) is 2.09. The Morgan fingerprint density at radius 1 is 1.54 bits per heavy atom. The van der Waals surface area contributed by atoms with Crippen LogP contribution in [0.1, 0.15) is 12.5 Å². The molecule has 0 aliphatic heterocycles. The summed E-state index contributed by atoms with van der Waals surface area (Å²) in [5, 5.41) is 4.29. The highest BCUT2D eigenvalue weighted by atomic mass is 32.2. The summed E-state index contributed by atoms with van der Waals surface area (Å²) in [6, 6.07) is 4.21. The Labute approximate surface area is 82.0 Å². The molecule has 0 aliphatic carbocycles. The first kappa shape index (κ1) is 8.63. The van der Waals surface area contributed by atoms with E-state index in [1.54, 1.807) is 11.8 Å². The monoisotopic (exact) mass is 192 g/mol. The second kappa shape index (κ2) is 3.42. The highest BCUT2D eigenvalue weighted by Gasteiger charge is 2.05. The maximum Gasteiger partial charge on any atom is 0.0829 e. The maximum absolute atomic E-state index is 4.29. The Morgan fingerprint density at radius 2 is 2.38 bits per heavy atom. The number of rotatable bonds is 2. The molecule has 2 heterocycles. The fraction of sp³-hybridized carbons (Fsp3) is 0.300. The predicted octanol–water partition coefficient (Wildman–Crippen LogP) is 2.62. The summed E-state index contributed by atoms with van der Waals surface area (Å²) in [7, 11) is 0. The van der Waals surface area contributed by atoms with E-state index in [0.29, 0.717) is 0 Å². The lowest BCUT2D eigenvalue weighted by molar-refractivity contribution is 0.947. The van der Waals surface area contributed by atoms with Crippen molar-refractivity contribution in [2.75, 3.05) is 6.26 Å². The topological polar surface area (TPSA) is 17.3 Å². The molecule has 0 saturated heterocycles. The summed E-state index contributed by atoms with van der Waals surface area (Å²) < 4.78 is 1.95. The van der Waals surface area contributed by atoms with Gasteiger partial charge in [-0.15, -0.1) is 11.8 Å². The standard InChI is InChI=1S/C10H12N2S/c1-3-8-5-4-6-12-10(8)9(13-2)7-11-12/h4-7H,3H2,1-2H3. The normalized spacial score (nSPS) is 10.9. The van der Waals surface area contributed by atoms with Gasteiger partial charge in [0.15, 0.2) is 0 Å². The highest BCUT2D eigenvalue weighted by Crippen LogP contribution is 2.24. The van der Waals surface area contributed by atoms with Crippen LogP contribution < -0.4 is 0 Å². The number of aryl methyl sites for hydroxylation is 1. The molecule has 68 valence electrons. The number of pyridine rings is 1. The number of hydrogen-bond acceptors (Lipinski definition) is 2. The Morgan fingerprint density at radius 3 is 3.08 bits per heavy atom. The molecule has 0 atom stereocenters. The van der Waals surface area contributed by atoms with E-state index in [9.17, 15) is 0 Å². The zero-order valence-electron chi connectivity index (χ0n) is 7.82. The Kier molecular flexibility index (Phi) is 2.27. The number of nitrogens with zero attached hydrogens (tertiary/aromatic N) is 2. The highest BCUT2D eigenvalue weighted by molar-refractivity contribution is 7.98. The molecule has 2 aromatic rings. The van der Waals surface area contributed by atoms with Crippen LogP contribution in [0.5, 0.6) is 0 Å². The third-order valence-corrected chi connectivity index (χ3v) is 2.93. The summed E-state index contributed by atoms with van der Waals surface area (Å²) in [5.74, 6) is 0. The predicted molar refractivity (Wildman–Crippen MR) is 56.4 cm³/mol. The van der Waals surface area contributed by atoms with Gasteiger partial charge in [-0.1, -0.05) is 13.0 Å². The lowest BCUT2D eigenvalue weighted by atomic mass is 10.2. The second-order valence-corrected chi connectivity index (χ2v) is 3.74. The molecule has 0 spiro atoms.